The van der Waals surface area contributed by atoms with Crippen molar-refractivity contribution in [2.75, 3.05) is 39.8 Å². The summed E-state index contributed by atoms with van der Waals surface area (Å²) in [6.45, 7) is 14.6. The molecule has 2 saturated heterocycles. The number of carbonyl (C=O) groups excluding carboxylic acids is 1. The van der Waals surface area contributed by atoms with Crippen LogP contribution in [0.1, 0.15) is 53.4 Å². The van der Waals surface area contributed by atoms with Crippen LogP contribution in [0.4, 0.5) is 0 Å². The normalized spacial score (nSPS) is 20.5. The predicted octanol–water partition coefficient (Wildman–Crippen LogP) is 1.94. The Balaban J connectivity index is 0. The summed E-state index contributed by atoms with van der Waals surface area (Å²) in [4.78, 5) is 13.4. The van der Waals surface area contributed by atoms with E-state index < -0.39 is 0 Å². The van der Waals surface area contributed by atoms with E-state index in [4.69, 9.17) is 9.90 Å². The topological polar surface area (TPSA) is 69.8 Å². The van der Waals surface area contributed by atoms with Crippen LogP contribution in [0.3, 0.4) is 0 Å². The molecule has 0 spiro atoms. The Morgan fingerprint density at radius 3 is 1.82 bits per heavy atom. The Hall–Kier alpha value is -0.650. The summed E-state index contributed by atoms with van der Waals surface area (Å²) in [5, 5.41) is 9.00. The molecule has 0 aromatic rings. The molecule has 0 atom stereocenters. The Labute approximate surface area is 137 Å². The SMILES string of the molecule is CC.CCN1CCC(C)CC1.CN1CCC(O)CC1.NC=O. The molecule has 2 aliphatic rings. The first-order valence-electron chi connectivity index (χ1n) is 8.77. The van der Waals surface area contributed by atoms with Crippen molar-refractivity contribution in [1.29, 1.82) is 0 Å². The lowest BCUT2D eigenvalue weighted by Gasteiger charge is -2.28. The summed E-state index contributed by atoms with van der Waals surface area (Å²) in [6.07, 6.45) is 4.96. The van der Waals surface area contributed by atoms with E-state index in [0.29, 0.717) is 0 Å². The van der Waals surface area contributed by atoms with Gasteiger partial charge in [-0.25, -0.2) is 0 Å². The van der Waals surface area contributed by atoms with Crippen LogP contribution in [0.5, 0.6) is 0 Å². The third-order valence-corrected chi connectivity index (χ3v) is 4.01. The van der Waals surface area contributed by atoms with Gasteiger partial charge in [-0.1, -0.05) is 27.7 Å². The fraction of sp³-hybridized carbons (Fsp3) is 0.941. The molecular formula is C17H39N3O2. The minimum atomic E-state index is -0.0220. The summed E-state index contributed by atoms with van der Waals surface area (Å²) in [7, 11) is 2.09. The van der Waals surface area contributed by atoms with Crippen LogP contribution >= 0.6 is 0 Å². The lowest BCUT2D eigenvalue weighted by atomic mass is 9.99. The van der Waals surface area contributed by atoms with Gasteiger partial charge in [-0.15, -0.1) is 0 Å². The van der Waals surface area contributed by atoms with Gasteiger partial charge in [0.2, 0.25) is 6.41 Å². The number of hydrogen-bond acceptors (Lipinski definition) is 4. The first-order valence-corrected chi connectivity index (χ1v) is 8.77. The molecule has 0 aromatic heterocycles. The van der Waals surface area contributed by atoms with Crippen LogP contribution in [0.2, 0.25) is 0 Å². The highest BCUT2D eigenvalue weighted by Crippen LogP contribution is 2.14. The minimum absolute atomic E-state index is 0.0220. The van der Waals surface area contributed by atoms with Crippen LogP contribution in [0.25, 0.3) is 0 Å². The monoisotopic (exact) mass is 317 g/mol. The average molecular weight is 318 g/mol. The van der Waals surface area contributed by atoms with Crippen LogP contribution in [-0.4, -0.2) is 67.2 Å². The summed E-state index contributed by atoms with van der Waals surface area (Å²) in [5.41, 5.74) is 4.17. The van der Waals surface area contributed by atoms with E-state index in [1.54, 1.807) is 0 Å². The molecule has 3 N–H and O–H groups in total. The number of nitrogens with zero attached hydrogens (tertiary/aromatic N) is 2. The first kappa shape index (κ1) is 23.6. The standard InChI is InChI=1S/C8H17N.C6H13NO.C2H6.CH3NO/c1-3-9-6-4-8(2)5-7-9;1-7-4-2-6(8)3-5-7;1-2;2-1-3/h8H,3-7H2,1-2H3;6,8H,2-5H2,1H3;1-2H3;1H,(H2,2,3). The Bertz CT molecular complexity index is 214. The van der Waals surface area contributed by atoms with Gasteiger partial charge in [0.1, 0.15) is 0 Å². The number of amides is 1. The van der Waals surface area contributed by atoms with Crippen molar-refractivity contribution in [3.05, 3.63) is 0 Å². The van der Waals surface area contributed by atoms with Crippen molar-refractivity contribution < 1.29 is 9.90 Å². The van der Waals surface area contributed by atoms with Gasteiger partial charge in [0, 0.05) is 13.1 Å². The number of aliphatic hydroxyl groups is 1. The summed E-state index contributed by atoms with van der Waals surface area (Å²) >= 11 is 0. The van der Waals surface area contributed by atoms with Crippen molar-refractivity contribution >= 4 is 6.41 Å². The quantitative estimate of drug-likeness (QED) is 0.725. The zero-order valence-corrected chi connectivity index (χ0v) is 15.4. The number of hydrogen-bond donors (Lipinski definition) is 2. The lowest BCUT2D eigenvalue weighted by molar-refractivity contribution is -0.106. The van der Waals surface area contributed by atoms with E-state index >= 15 is 0 Å². The molecule has 2 fully saturated rings. The van der Waals surface area contributed by atoms with Crippen LogP contribution in [-0.2, 0) is 4.79 Å². The molecule has 2 aliphatic heterocycles. The number of nitrogens with two attached hydrogens (primary N) is 1. The van der Waals surface area contributed by atoms with Crippen molar-refractivity contribution in [3.63, 3.8) is 0 Å². The highest BCUT2D eigenvalue weighted by molar-refractivity contribution is 5.42. The molecule has 5 nitrogen and oxygen atoms in total. The molecule has 0 aromatic carbocycles. The third-order valence-electron chi connectivity index (χ3n) is 4.01. The summed E-state index contributed by atoms with van der Waals surface area (Å²) < 4.78 is 0. The Morgan fingerprint density at radius 1 is 1.09 bits per heavy atom. The fourth-order valence-electron chi connectivity index (χ4n) is 2.37. The maximum absolute atomic E-state index is 9.00. The molecule has 1 amide bonds. The molecule has 0 unspecified atom stereocenters. The third kappa shape index (κ3) is 14.3. The van der Waals surface area contributed by atoms with Gasteiger partial charge >= 0.3 is 0 Å². The van der Waals surface area contributed by atoms with Crippen molar-refractivity contribution in [3.8, 4) is 0 Å². The van der Waals surface area contributed by atoms with E-state index in [1.165, 1.54) is 32.5 Å². The van der Waals surface area contributed by atoms with Crippen molar-refractivity contribution in [2.24, 2.45) is 11.7 Å². The van der Waals surface area contributed by atoms with Crippen molar-refractivity contribution in [2.45, 2.75) is 59.5 Å². The van der Waals surface area contributed by atoms with Gasteiger partial charge in [-0.2, -0.15) is 0 Å². The molecule has 134 valence electrons. The number of rotatable bonds is 1. The minimum Gasteiger partial charge on any atom is -0.393 e. The average Bonchev–Trinajstić information content (AvgIpc) is 2.54. The Morgan fingerprint density at radius 2 is 1.50 bits per heavy atom. The largest absolute Gasteiger partial charge is 0.393 e. The molecule has 5 heteroatoms. The fourth-order valence-corrected chi connectivity index (χ4v) is 2.37. The molecule has 2 rings (SSSR count). The van der Waals surface area contributed by atoms with Crippen molar-refractivity contribution in [1.82, 2.24) is 9.80 Å². The maximum Gasteiger partial charge on any atom is 0.204 e. The highest BCUT2D eigenvalue weighted by Gasteiger charge is 2.13. The van der Waals surface area contributed by atoms with Crippen LogP contribution in [0.15, 0.2) is 0 Å². The Kier molecular flexibility index (Phi) is 17.9. The van der Waals surface area contributed by atoms with Gasteiger partial charge < -0.3 is 20.6 Å². The predicted molar refractivity (Wildman–Crippen MR) is 94.8 cm³/mol. The van der Waals surface area contributed by atoms with Gasteiger partial charge in [0.25, 0.3) is 0 Å². The second-order valence-corrected chi connectivity index (χ2v) is 5.79. The summed E-state index contributed by atoms with van der Waals surface area (Å²) in [6, 6.07) is 0. The molecule has 0 aliphatic carbocycles. The van der Waals surface area contributed by atoms with E-state index in [-0.39, 0.29) is 12.5 Å². The lowest BCUT2D eigenvalue weighted by Crippen LogP contribution is -2.32. The number of carbonyl (C=O) groups is 1. The van der Waals surface area contributed by atoms with Gasteiger partial charge in [-0.3, -0.25) is 4.79 Å². The molecule has 0 radical (unpaired) electrons. The second kappa shape index (κ2) is 16.7. The zero-order chi connectivity index (χ0) is 17.4. The molecular weight excluding hydrogens is 278 g/mol. The molecule has 22 heavy (non-hydrogen) atoms. The van der Waals surface area contributed by atoms with E-state index in [1.807, 2.05) is 13.8 Å². The highest BCUT2D eigenvalue weighted by atomic mass is 16.3. The maximum atomic E-state index is 9.00. The molecule has 2 heterocycles. The van der Waals surface area contributed by atoms with Crippen LogP contribution < -0.4 is 5.73 Å². The van der Waals surface area contributed by atoms with Gasteiger partial charge in [0.15, 0.2) is 0 Å². The van der Waals surface area contributed by atoms with Gasteiger partial charge in [0.05, 0.1) is 6.10 Å². The van der Waals surface area contributed by atoms with E-state index in [9.17, 15) is 0 Å². The van der Waals surface area contributed by atoms with Crippen LogP contribution in [0, 0.1) is 5.92 Å². The number of likely N-dealkylation sites (tertiary alicyclic amines) is 2. The number of piperidine rings is 2. The van der Waals surface area contributed by atoms with Gasteiger partial charge in [-0.05, 0) is 58.3 Å². The zero-order valence-electron chi connectivity index (χ0n) is 15.4. The number of aliphatic hydroxyl groups excluding tert-OH is 1. The molecule has 0 saturated carbocycles. The number of primary amides is 1. The smallest absolute Gasteiger partial charge is 0.204 e. The first-order chi connectivity index (χ1) is 10.5. The summed E-state index contributed by atoms with van der Waals surface area (Å²) in [5.74, 6) is 0.979. The van der Waals surface area contributed by atoms with E-state index in [2.05, 4.69) is 36.4 Å². The second-order valence-electron chi connectivity index (χ2n) is 5.79. The molecule has 0 bridgehead atoms. The van der Waals surface area contributed by atoms with E-state index in [0.717, 1.165) is 31.8 Å².